The summed E-state index contributed by atoms with van der Waals surface area (Å²) in [4.78, 5) is 16.0. The Morgan fingerprint density at radius 2 is 1.95 bits per heavy atom. The van der Waals surface area contributed by atoms with Crippen LogP contribution >= 0.6 is 23.2 Å². The number of amides is 1. The van der Waals surface area contributed by atoms with Crippen molar-refractivity contribution in [2.24, 2.45) is 0 Å². The number of hydrogen-bond acceptors (Lipinski definition) is 3. The quantitative estimate of drug-likeness (QED) is 0.850. The van der Waals surface area contributed by atoms with Crippen molar-refractivity contribution in [1.82, 2.24) is 4.98 Å². The Morgan fingerprint density at radius 3 is 2.60 bits per heavy atom. The number of pyridine rings is 1. The average molecular weight is 311 g/mol. The summed E-state index contributed by atoms with van der Waals surface area (Å²) >= 11 is 11.6. The number of rotatable bonds is 3. The van der Waals surface area contributed by atoms with E-state index in [-0.39, 0.29) is 15.9 Å². The monoisotopic (exact) mass is 310 g/mol. The Balaban J connectivity index is 2.28. The topological polar surface area (TPSA) is 62.2 Å². The van der Waals surface area contributed by atoms with Crippen LogP contribution < -0.4 is 5.32 Å². The maximum atomic E-state index is 12.2. The van der Waals surface area contributed by atoms with Crippen LogP contribution in [0, 0.1) is 0 Å². The number of carbonyl (C=O) groups excluding carboxylic acids is 1. The van der Waals surface area contributed by atoms with Crippen molar-refractivity contribution in [3.05, 3.63) is 57.8 Å². The first-order valence-corrected chi connectivity index (χ1v) is 6.65. The molecule has 2 aromatic rings. The zero-order valence-corrected chi connectivity index (χ0v) is 12.1. The highest BCUT2D eigenvalue weighted by atomic mass is 35.5. The zero-order valence-electron chi connectivity index (χ0n) is 10.6. The Morgan fingerprint density at radius 1 is 1.25 bits per heavy atom. The van der Waals surface area contributed by atoms with E-state index in [1.165, 1.54) is 12.1 Å². The number of para-hydroxylation sites is 1. The predicted molar refractivity (Wildman–Crippen MR) is 79.3 cm³/mol. The van der Waals surface area contributed by atoms with Crippen molar-refractivity contribution in [3.8, 4) is 0 Å². The van der Waals surface area contributed by atoms with E-state index in [1.54, 1.807) is 31.2 Å². The van der Waals surface area contributed by atoms with Gasteiger partial charge in [0.25, 0.3) is 5.91 Å². The van der Waals surface area contributed by atoms with E-state index in [9.17, 15) is 9.90 Å². The van der Waals surface area contributed by atoms with Gasteiger partial charge in [-0.25, -0.2) is 4.98 Å². The SMILES string of the molecule is CC(O)c1ccccc1NC(=O)c1ccc(Cl)nc1Cl. The number of aliphatic hydroxyl groups excluding tert-OH is 1. The molecule has 0 aliphatic carbocycles. The highest BCUT2D eigenvalue weighted by molar-refractivity contribution is 6.35. The fourth-order valence-corrected chi connectivity index (χ4v) is 2.18. The number of aromatic nitrogens is 1. The van der Waals surface area contributed by atoms with Crippen molar-refractivity contribution >= 4 is 34.8 Å². The molecular weight excluding hydrogens is 299 g/mol. The Hall–Kier alpha value is -1.62. The number of hydrogen-bond donors (Lipinski definition) is 2. The predicted octanol–water partition coefficient (Wildman–Crippen LogP) is 3.69. The molecule has 1 atom stereocenters. The third-order valence-electron chi connectivity index (χ3n) is 2.72. The van der Waals surface area contributed by atoms with Crippen LogP contribution in [0.5, 0.6) is 0 Å². The molecule has 20 heavy (non-hydrogen) atoms. The summed E-state index contributed by atoms with van der Waals surface area (Å²) in [6.07, 6.45) is -0.690. The van der Waals surface area contributed by atoms with Crippen LogP contribution in [0.3, 0.4) is 0 Å². The van der Waals surface area contributed by atoms with E-state index in [1.807, 2.05) is 0 Å². The molecule has 1 aromatic carbocycles. The smallest absolute Gasteiger partial charge is 0.258 e. The molecule has 1 unspecified atom stereocenters. The van der Waals surface area contributed by atoms with Crippen molar-refractivity contribution in [2.45, 2.75) is 13.0 Å². The number of nitrogens with zero attached hydrogens (tertiary/aromatic N) is 1. The number of anilines is 1. The highest BCUT2D eigenvalue weighted by Gasteiger charge is 2.15. The molecule has 0 spiro atoms. The van der Waals surface area contributed by atoms with Crippen molar-refractivity contribution in [3.63, 3.8) is 0 Å². The molecule has 1 aromatic heterocycles. The molecule has 104 valence electrons. The van der Waals surface area contributed by atoms with Gasteiger partial charge in [0, 0.05) is 11.3 Å². The van der Waals surface area contributed by atoms with Crippen LogP contribution in [0.4, 0.5) is 5.69 Å². The number of nitrogens with one attached hydrogen (secondary N) is 1. The molecule has 0 aliphatic rings. The van der Waals surface area contributed by atoms with Gasteiger partial charge < -0.3 is 10.4 Å². The molecule has 0 saturated carbocycles. The normalized spacial score (nSPS) is 12.0. The van der Waals surface area contributed by atoms with Gasteiger partial charge in [0.15, 0.2) is 0 Å². The molecule has 1 heterocycles. The molecular formula is C14H12Cl2N2O2. The molecule has 6 heteroatoms. The van der Waals surface area contributed by atoms with E-state index in [0.717, 1.165) is 0 Å². The lowest BCUT2D eigenvalue weighted by Gasteiger charge is -2.13. The van der Waals surface area contributed by atoms with Crippen LogP contribution in [0.25, 0.3) is 0 Å². The molecule has 0 saturated heterocycles. The van der Waals surface area contributed by atoms with Crippen LogP contribution in [0.15, 0.2) is 36.4 Å². The van der Waals surface area contributed by atoms with E-state index in [0.29, 0.717) is 11.3 Å². The molecule has 4 nitrogen and oxygen atoms in total. The van der Waals surface area contributed by atoms with Crippen LogP contribution in [0.1, 0.15) is 28.9 Å². The van der Waals surface area contributed by atoms with E-state index in [2.05, 4.69) is 10.3 Å². The van der Waals surface area contributed by atoms with Gasteiger partial charge in [-0.05, 0) is 25.1 Å². The van der Waals surface area contributed by atoms with Gasteiger partial charge in [0.05, 0.1) is 11.7 Å². The largest absolute Gasteiger partial charge is 0.389 e. The number of halogens is 2. The van der Waals surface area contributed by atoms with Crippen molar-refractivity contribution < 1.29 is 9.90 Å². The Kier molecular flexibility index (Phi) is 4.60. The Bertz CT molecular complexity index is 645. The lowest BCUT2D eigenvalue weighted by Crippen LogP contribution is -2.14. The molecule has 1 amide bonds. The summed E-state index contributed by atoms with van der Waals surface area (Å²) in [5.41, 5.74) is 1.37. The molecule has 0 aliphatic heterocycles. The number of benzene rings is 1. The first-order chi connectivity index (χ1) is 9.49. The van der Waals surface area contributed by atoms with E-state index in [4.69, 9.17) is 23.2 Å². The minimum atomic E-state index is -0.690. The van der Waals surface area contributed by atoms with Crippen molar-refractivity contribution in [2.75, 3.05) is 5.32 Å². The minimum Gasteiger partial charge on any atom is -0.389 e. The lowest BCUT2D eigenvalue weighted by atomic mass is 10.1. The summed E-state index contributed by atoms with van der Waals surface area (Å²) in [7, 11) is 0. The van der Waals surface area contributed by atoms with Gasteiger partial charge in [-0.3, -0.25) is 4.79 Å². The summed E-state index contributed by atoms with van der Waals surface area (Å²) in [6, 6.07) is 9.98. The molecule has 0 fully saturated rings. The fourth-order valence-electron chi connectivity index (χ4n) is 1.75. The molecule has 0 bridgehead atoms. The summed E-state index contributed by atoms with van der Waals surface area (Å²) in [5, 5.41) is 12.6. The summed E-state index contributed by atoms with van der Waals surface area (Å²) in [6.45, 7) is 1.63. The lowest BCUT2D eigenvalue weighted by molar-refractivity contribution is 0.102. The fraction of sp³-hybridized carbons (Fsp3) is 0.143. The zero-order chi connectivity index (χ0) is 14.7. The second-order valence-corrected chi connectivity index (χ2v) is 4.93. The average Bonchev–Trinajstić information content (AvgIpc) is 2.38. The molecule has 2 rings (SSSR count). The third kappa shape index (κ3) is 3.28. The first kappa shape index (κ1) is 14.8. The molecule has 2 N–H and O–H groups in total. The van der Waals surface area contributed by atoms with Gasteiger partial charge in [0.1, 0.15) is 10.3 Å². The summed E-state index contributed by atoms with van der Waals surface area (Å²) < 4.78 is 0. The second kappa shape index (κ2) is 6.22. The van der Waals surface area contributed by atoms with Gasteiger partial charge in [-0.1, -0.05) is 41.4 Å². The van der Waals surface area contributed by atoms with Crippen LogP contribution in [0.2, 0.25) is 10.3 Å². The molecule has 0 radical (unpaired) electrons. The van der Waals surface area contributed by atoms with E-state index >= 15 is 0 Å². The van der Waals surface area contributed by atoms with Crippen LogP contribution in [-0.2, 0) is 0 Å². The summed E-state index contributed by atoms with van der Waals surface area (Å²) in [5.74, 6) is -0.410. The minimum absolute atomic E-state index is 0.0320. The highest BCUT2D eigenvalue weighted by Crippen LogP contribution is 2.24. The maximum Gasteiger partial charge on any atom is 0.258 e. The van der Waals surface area contributed by atoms with Crippen LogP contribution in [-0.4, -0.2) is 16.0 Å². The Labute approximate surface area is 126 Å². The van der Waals surface area contributed by atoms with Gasteiger partial charge in [-0.15, -0.1) is 0 Å². The van der Waals surface area contributed by atoms with Gasteiger partial charge >= 0.3 is 0 Å². The maximum absolute atomic E-state index is 12.2. The van der Waals surface area contributed by atoms with Crippen molar-refractivity contribution in [1.29, 1.82) is 0 Å². The van der Waals surface area contributed by atoms with E-state index < -0.39 is 12.0 Å². The van der Waals surface area contributed by atoms with Gasteiger partial charge in [0.2, 0.25) is 0 Å². The second-order valence-electron chi connectivity index (χ2n) is 4.19. The standard InChI is InChI=1S/C14H12Cl2N2O2/c1-8(19)9-4-2-3-5-11(9)17-14(20)10-6-7-12(15)18-13(10)16/h2-8,19H,1H3,(H,17,20). The first-order valence-electron chi connectivity index (χ1n) is 5.89. The number of aliphatic hydroxyl groups is 1. The number of carbonyl (C=O) groups is 1. The third-order valence-corrected chi connectivity index (χ3v) is 3.22. The van der Waals surface area contributed by atoms with Gasteiger partial charge in [-0.2, -0.15) is 0 Å².